The van der Waals surface area contributed by atoms with Crippen LogP contribution in [-0.2, 0) is 6.54 Å². The monoisotopic (exact) mass is 470 g/mol. The first-order valence-electron chi connectivity index (χ1n) is 12.3. The largest absolute Gasteiger partial charge is 0.386 e. The lowest BCUT2D eigenvalue weighted by atomic mass is 10.1. The molecular formula is C28H34N6O. The number of benzene rings is 2. The second-order valence-electron chi connectivity index (χ2n) is 8.86. The summed E-state index contributed by atoms with van der Waals surface area (Å²) in [5.41, 5.74) is 11.9. The molecule has 5 rings (SSSR count). The standard InChI is InChI=1S/C26H28N6O.C2H6/c1-16-11-17(2)29-22-6-5-19(13-20(16)22)30-26(33)21-14-23-18(7-10-32(23)15-25(27)28)12-24(21)31-8-3-4-9-31;1-2/h5-7,10-14H,3-4,8-9,15H2,1-2H3,(H3,27,28)(H,30,33);1-2H3. The first-order valence-corrected chi connectivity index (χ1v) is 12.3. The summed E-state index contributed by atoms with van der Waals surface area (Å²) >= 11 is 0. The lowest BCUT2D eigenvalue weighted by Crippen LogP contribution is -2.23. The fourth-order valence-corrected chi connectivity index (χ4v) is 4.79. The van der Waals surface area contributed by atoms with E-state index in [0.29, 0.717) is 12.1 Å². The number of rotatable bonds is 5. The van der Waals surface area contributed by atoms with Gasteiger partial charge in [0.05, 0.1) is 23.3 Å². The molecule has 0 atom stereocenters. The number of nitrogens with one attached hydrogen (secondary N) is 2. The van der Waals surface area contributed by atoms with Gasteiger partial charge in [-0.25, -0.2) is 0 Å². The Morgan fingerprint density at radius 3 is 2.54 bits per heavy atom. The third-order valence-corrected chi connectivity index (χ3v) is 6.32. The van der Waals surface area contributed by atoms with Gasteiger partial charge in [-0.1, -0.05) is 13.8 Å². The lowest BCUT2D eigenvalue weighted by molar-refractivity contribution is 0.102. The molecule has 0 bridgehead atoms. The molecule has 2 aromatic carbocycles. The van der Waals surface area contributed by atoms with Crippen molar-refractivity contribution in [2.45, 2.75) is 47.1 Å². The molecule has 0 saturated carbocycles. The molecule has 0 unspecified atom stereocenters. The number of anilines is 2. The van der Waals surface area contributed by atoms with Gasteiger partial charge in [0, 0.05) is 47.0 Å². The van der Waals surface area contributed by atoms with Crippen molar-refractivity contribution in [3.63, 3.8) is 0 Å². The van der Waals surface area contributed by atoms with E-state index in [4.69, 9.17) is 11.1 Å². The van der Waals surface area contributed by atoms with Gasteiger partial charge in [0.2, 0.25) is 0 Å². The Kier molecular flexibility index (Phi) is 7.05. The summed E-state index contributed by atoms with van der Waals surface area (Å²) in [6.07, 6.45) is 4.17. The Hall–Kier alpha value is -3.87. The summed E-state index contributed by atoms with van der Waals surface area (Å²) in [5, 5.41) is 12.8. The van der Waals surface area contributed by atoms with Gasteiger partial charge in [-0.3, -0.25) is 15.2 Å². The first-order chi connectivity index (χ1) is 16.9. The number of amidine groups is 1. The summed E-state index contributed by atoms with van der Waals surface area (Å²) in [6, 6.07) is 13.9. The third kappa shape index (κ3) is 4.99. The summed E-state index contributed by atoms with van der Waals surface area (Å²) in [4.78, 5) is 20.4. The molecule has 7 nitrogen and oxygen atoms in total. The van der Waals surface area contributed by atoms with Crippen LogP contribution >= 0.6 is 0 Å². The number of aromatic nitrogens is 2. The minimum atomic E-state index is -0.147. The molecule has 7 heteroatoms. The molecule has 0 spiro atoms. The van der Waals surface area contributed by atoms with Gasteiger partial charge in [-0.2, -0.15) is 0 Å². The normalized spacial score (nSPS) is 13.1. The lowest BCUT2D eigenvalue weighted by Gasteiger charge is -2.22. The number of fused-ring (bicyclic) bond motifs is 2. The number of hydrogen-bond acceptors (Lipinski definition) is 4. The molecule has 1 amide bonds. The minimum absolute atomic E-state index is 0.0810. The molecule has 4 aromatic rings. The SMILES string of the molecule is CC.Cc1cc(C)c2cc(NC(=O)c3cc4c(ccn4CC(=N)N)cc3N3CCCC3)ccc2n1. The molecule has 0 aliphatic carbocycles. The highest BCUT2D eigenvalue weighted by Gasteiger charge is 2.22. The molecule has 0 radical (unpaired) electrons. The van der Waals surface area contributed by atoms with Gasteiger partial charge in [-0.15, -0.1) is 0 Å². The van der Waals surface area contributed by atoms with Gasteiger partial charge in [0.15, 0.2) is 0 Å². The van der Waals surface area contributed by atoms with Crippen LogP contribution in [0.3, 0.4) is 0 Å². The van der Waals surface area contributed by atoms with Crippen molar-refractivity contribution in [1.82, 2.24) is 9.55 Å². The zero-order valence-corrected chi connectivity index (χ0v) is 21.0. The van der Waals surface area contributed by atoms with Gasteiger partial charge < -0.3 is 20.5 Å². The molecule has 2 aromatic heterocycles. The van der Waals surface area contributed by atoms with Crippen molar-refractivity contribution in [2.24, 2.45) is 5.73 Å². The van der Waals surface area contributed by atoms with Crippen LogP contribution in [0.2, 0.25) is 0 Å². The summed E-state index contributed by atoms with van der Waals surface area (Å²) < 4.78 is 1.91. The topological polar surface area (TPSA) is 100 Å². The molecule has 1 saturated heterocycles. The quantitative estimate of drug-likeness (QED) is 0.260. The average molecular weight is 471 g/mol. The first kappa shape index (κ1) is 24.3. The number of hydrogen-bond donors (Lipinski definition) is 3. The number of nitrogens with two attached hydrogens (primary N) is 1. The van der Waals surface area contributed by atoms with Crippen LogP contribution in [0.15, 0.2) is 48.7 Å². The number of pyridine rings is 1. The van der Waals surface area contributed by atoms with Crippen molar-refractivity contribution in [3.8, 4) is 0 Å². The molecule has 35 heavy (non-hydrogen) atoms. The van der Waals surface area contributed by atoms with Crippen molar-refractivity contribution in [2.75, 3.05) is 23.3 Å². The molecule has 3 heterocycles. The van der Waals surface area contributed by atoms with Crippen LogP contribution in [0.1, 0.15) is 48.3 Å². The van der Waals surface area contributed by atoms with Gasteiger partial charge in [0.1, 0.15) is 5.84 Å². The predicted octanol–water partition coefficient (Wildman–Crippen LogP) is 5.62. The highest BCUT2D eigenvalue weighted by Crippen LogP contribution is 2.31. The summed E-state index contributed by atoms with van der Waals surface area (Å²) in [5.74, 6) is -0.0658. The fraction of sp³-hybridized carbons (Fsp3) is 0.321. The van der Waals surface area contributed by atoms with Crippen molar-refractivity contribution < 1.29 is 4.79 Å². The number of carbonyl (C=O) groups excluding carboxylic acids is 1. The van der Waals surface area contributed by atoms with Crippen LogP contribution < -0.4 is 16.0 Å². The van der Waals surface area contributed by atoms with E-state index in [-0.39, 0.29) is 11.7 Å². The van der Waals surface area contributed by atoms with Gasteiger partial charge in [-0.05, 0) is 74.7 Å². The molecule has 4 N–H and O–H groups in total. The van der Waals surface area contributed by atoms with E-state index in [0.717, 1.165) is 70.4 Å². The van der Waals surface area contributed by atoms with Gasteiger partial charge >= 0.3 is 0 Å². The Balaban J connectivity index is 0.00000141. The second-order valence-corrected chi connectivity index (χ2v) is 8.86. The number of carbonyl (C=O) groups is 1. The number of amides is 1. The van der Waals surface area contributed by atoms with Crippen molar-refractivity contribution >= 4 is 44.9 Å². The summed E-state index contributed by atoms with van der Waals surface area (Å²) in [7, 11) is 0. The Labute approximate surface area is 206 Å². The Morgan fingerprint density at radius 1 is 1.09 bits per heavy atom. The maximum absolute atomic E-state index is 13.5. The zero-order chi connectivity index (χ0) is 25.1. The smallest absolute Gasteiger partial charge is 0.257 e. The van der Waals surface area contributed by atoms with E-state index in [9.17, 15) is 4.79 Å². The predicted molar refractivity (Wildman–Crippen MR) is 146 cm³/mol. The van der Waals surface area contributed by atoms with Crippen LogP contribution in [0, 0.1) is 19.3 Å². The fourth-order valence-electron chi connectivity index (χ4n) is 4.79. The second kappa shape index (κ2) is 10.2. The Bertz CT molecular complexity index is 1400. The van der Waals surface area contributed by atoms with Gasteiger partial charge in [0.25, 0.3) is 5.91 Å². The molecule has 1 aliphatic heterocycles. The van der Waals surface area contributed by atoms with E-state index in [1.165, 1.54) is 0 Å². The summed E-state index contributed by atoms with van der Waals surface area (Å²) in [6.45, 7) is 10.2. The van der Waals surface area contributed by atoms with Crippen molar-refractivity contribution in [3.05, 3.63) is 65.5 Å². The van der Waals surface area contributed by atoms with E-state index in [1.807, 2.05) is 61.9 Å². The third-order valence-electron chi connectivity index (χ3n) is 6.32. The minimum Gasteiger partial charge on any atom is -0.386 e. The molecule has 182 valence electrons. The van der Waals surface area contributed by atoms with Crippen LogP contribution in [0.4, 0.5) is 11.4 Å². The highest BCUT2D eigenvalue weighted by atomic mass is 16.1. The maximum atomic E-state index is 13.5. The number of nitrogens with zero attached hydrogens (tertiary/aromatic N) is 3. The average Bonchev–Trinajstić information content (AvgIpc) is 3.50. The van der Waals surface area contributed by atoms with E-state index in [1.54, 1.807) is 0 Å². The van der Waals surface area contributed by atoms with Crippen LogP contribution in [-0.4, -0.2) is 34.4 Å². The van der Waals surface area contributed by atoms with Crippen LogP contribution in [0.5, 0.6) is 0 Å². The maximum Gasteiger partial charge on any atom is 0.257 e. The van der Waals surface area contributed by atoms with E-state index < -0.39 is 0 Å². The highest BCUT2D eigenvalue weighted by molar-refractivity contribution is 6.11. The van der Waals surface area contributed by atoms with E-state index in [2.05, 4.69) is 34.3 Å². The van der Waals surface area contributed by atoms with E-state index >= 15 is 0 Å². The number of aryl methyl sites for hydroxylation is 2. The molecule has 1 aliphatic rings. The van der Waals surface area contributed by atoms with Crippen molar-refractivity contribution in [1.29, 1.82) is 5.41 Å². The Morgan fingerprint density at radius 2 is 1.83 bits per heavy atom. The van der Waals surface area contributed by atoms with Crippen LogP contribution in [0.25, 0.3) is 21.8 Å². The zero-order valence-electron chi connectivity index (χ0n) is 21.0. The molecular weight excluding hydrogens is 436 g/mol. The molecule has 1 fully saturated rings.